The third-order valence-electron chi connectivity index (χ3n) is 3.96. The third-order valence-corrected chi connectivity index (χ3v) is 3.96. The van der Waals surface area contributed by atoms with E-state index < -0.39 is 0 Å². The maximum Gasteiger partial charge on any atom is 0.237 e. The van der Waals surface area contributed by atoms with E-state index in [0.717, 1.165) is 57.1 Å². The van der Waals surface area contributed by atoms with Crippen LogP contribution in [0.15, 0.2) is 29.3 Å². The fourth-order valence-electron chi connectivity index (χ4n) is 2.77. The van der Waals surface area contributed by atoms with Crippen LogP contribution >= 0.6 is 0 Å². The van der Waals surface area contributed by atoms with E-state index >= 15 is 0 Å². The third kappa shape index (κ3) is 3.49. The summed E-state index contributed by atoms with van der Waals surface area (Å²) in [6.07, 6.45) is 2.81. The number of nitrogens with one attached hydrogen (secondary N) is 1. The first-order chi connectivity index (χ1) is 10.3. The van der Waals surface area contributed by atoms with E-state index in [2.05, 4.69) is 15.2 Å². The number of para-hydroxylation sites is 1. The smallest absolute Gasteiger partial charge is 0.237 e. The highest BCUT2D eigenvalue weighted by atomic mass is 16.5. The van der Waals surface area contributed by atoms with Gasteiger partial charge in [-0.15, -0.1) is 0 Å². The van der Waals surface area contributed by atoms with Gasteiger partial charge in [-0.3, -0.25) is 14.7 Å². The molecule has 112 valence electrons. The number of aliphatic imine (C=N–C) groups is 1. The van der Waals surface area contributed by atoms with Gasteiger partial charge < -0.3 is 10.1 Å². The zero-order valence-electron chi connectivity index (χ0n) is 12.1. The summed E-state index contributed by atoms with van der Waals surface area (Å²) in [6, 6.07) is 7.80. The van der Waals surface area contributed by atoms with Crippen LogP contribution in [0.3, 0.4) is 0 Å². The summed E-state index contributed by atoms with van der Waals surface area (Å²) in [5.74, 6) is -0.210. The van der Waals surface area contributed by atoms with E-state index in [1.54, 1.807) is 6.21 Å². The minimum Gasteiger partial charge on any atom is -0.379 e. The van der Waals surface area contributed by atoms with Gasteiger partial charge in [-0.05, 0) is 18.1 Å². The quantitative estimate of drug-likeness (QED) is 0.660. The van der Waals surface area contributed by atoms with Crippen molar-refractivity contribution >= 4 is 17.8 Å². The molecule has 2 aliphatic heterocycles. The molecule has 0 aromatic heterocycles. The van der Waals surface area contributed by atoms with Gasteiger partial charge in [0.1, 0.15) is 5.92 Å². The molecule has 2 aliphatic rings. The van der Waals surface area contributed by atoms with Crippen molar-refractivity contribution in [3.8, 4) is 0 Å². The molecule has 0 spiro atoms. The highest BCUT2D eigenvalue weighted by Crippen LogP contribution is 2.30. The Morgan fingerprint density at radius 2 is 2.14 bits per heavy atom. The van der Waals surface area contributed by atoms with Crippen LogP contribution in [0.2, 0.25) is 0 Å². The number of hydrogen-bond donors (Lipinski definition) is 1. The maximum absolute atomic E-state index is 11.9. The number of hydrogen-bond acceptors (Lipinski definition) is 4. The molecule has 0 unspecified atom stereocenters. The number of fused-ring (bicyclic) bond motifs is 1. The molecule has 3 rings (SSSR count). The largest absolute Gasteiger partial charge is 0.379 e. The van der Waals surface area contributed by atoms with Crippen LogP contribution in [0.4, 0.5) is 5.69 Å². The lowest BCUT2D eigenvalue weighted by molar-refractivity contribution is -0.115. The molecule has 0 saturated carbocycles. The van der Waals surface area contributed by atoms with E-state index in [0.29, 0.717) is 0 Å². The lowest BCUT2D eigenvalue weighted by Gasteiger charge is -2.26. The number of carbonyl (C=O) groups excluding carboxylic acids is 1. The molecule has 5 nitrogen and oxygen atoms in total. The molecular formula is C16H21N3O2. The first-order valence-electron chi connectivity index (χ1n) is 7.54. The molecule has 1 saturated heterocycles. The molecule has 1 aromatic carbocycles. The average molecular weight is 287 g/mol. The first-order valence-corrected chi connectivity index (χ1v) is 7.54. The Balaban J connectivity index is 1.47. The van der Waals surface area contributed by atoms with Crippen molar-refractivity contribution in [3.63, 3.8) is 0 Å². The van der Waals surface area contributed by atoms with Gasteiger partial charge in [-0.25, -0.2) is 0 Å². The predicted molar refractivity (Wildman–Crippen MR) is 83.0 cm³/mol. The number of morpholine rings is 1. The molecule has 1 N–H and O–H groups in total. The number of amides is 1. The summed E-state index contributed by atoms with van der Waals surface area (Å²) in [7, 11) is 0. The maximum atomic E-state index is 11.9. The number of carbonyl (C=O) groups is 1. The van der Waals surface area contributed by atoms with Crippen molar-refractivity contribution < 1.29 is 9.53 Å². The fraction of sp³-hybridized carbons (Fsp3) is 0.500. The van der Waals surface area contributed by atoms with Gasteiger partial charge in [0.2, 0.25) is 5.91 Å². The van der Waals surface area contributed by atoms with Crippen molar-refractivity contribution in [2.75, 3.05) is 44.7 Å². The van der Waals surface area contributed by atoms with Crippen LogP contribution < -0.4 is 5.32 Å². The van der Waals surface area contributed by atoms with Crippen LogP contribution in [-0.2, 0) is 9.53 Å². The number of ether oxygens (including phenoxy) is 1. The Morgan fingerprint density at radius 3 is 3.00 bits per heavy atom. The number of nitrogens with zero attached hydrogens (tertiary/aromatic N) is 2. The van der Waals surface area contributed by atoms with Gasteiger partial charge in [0, 0.05) is 38.1 Å². The zero-order chi connectivity index (χ0) is 14.5. The summed E-state index contributed by atoms with van der Waals surface area (Å²) in [5.41, 5.74) is 1.94. The standard InChI is InChI=1S/C16H21N3O2/c20-16-14(13-4-1-2-5-15(13)18-16)12-17-6-3-7-19-8-10-21-11-9-19/h1-2,4-5,12,14H,3,6-11H2,(H,18,20)/t14-/m1/s1. The Hall–Kier alpha value is -1.72. The first kappa shape index (κ1) is 14.2. The topological polar surface area (TPSA) is 53.9 Å². The van der Waals surface area contributed by atoms with Crippen LogP contribution in [0.1, 0.15) is 17.9 Å². The fourth-order valence-corrected chi connectivity index (χ4v) is 2.77. The molecule has 2 heterocycles. The van der Waals surface area contributed by atoms with E-state index in [1.165, 1.54) is 0 Å². The summed E-state index contributed by atoms with van der Waals surface area (Å²) in [5, 5.41) is 2.89. The van der Waals surface area contributed by atoms with Gasteiger partial charge in [0.25, 0.3) is 0 Å². The van der Waals surface area contributed by atoms with Gasteiger partial charge in [0.15, 0.2) is 0 Å². The highest BCUT2D eigenvalue weighted by Gasteiger charge is 2.28. The van der Waals surface area contributed by atoms with E-state index in [9.17, 15) is 4.79 Å². The molecule has 0 aliphatic carbocycles. The second kappa shape index (κ2) is 6.83. The average Bonchev–Trinajstić information content (AvgIpc) is 2.84. The second-order valence-electron chi connectivity index (χ2n) is 5.42. The Kier molecular flexibility index (Phi) is 4.62. The molecule has 1 fully saturated rings. The lowest BCUT2D eigenvalue weighted by atomic mass is 10.0. The van der Waals surface area contributed by atoms with Crippen molar-refractivity contribution in [3.05, 3.63) is 29.8 Å². The van der Waals surface area contributed by atoms with Crippen molar-refractivity contribution in [1.82, 2.24) is 4.90 Å². The van der Waals surface area contributed by atoms with E-state index in [4.69, 9.17) is 4.74 Å². The van der Waals surface area contributed by atoms with Crippen molar-refractivity contribution in [2.45, 2.75) is 12.3 Å². The van der Waals surface area contributed by atoms with Crippen molar-refractivity contribution in [2.24, 2.45) is 4.99 Å². The molecule has 1 atom stereocenters. The van der Waals surface area contributed by atoms with Crippen LogP contribution in [0.25, 0.3) is 0 Å². The summed E-state index contributed by atoms with van der Waals surface area (Å²) in [6.45, 7) is 5.52. The molecule has 21 heavy (non-hydrogen) atoms. The van der Waals surface area contributed by atoms with E-state index in [1.807, 2.05) is 24.3 Å². The van der Waals surface area contributed by atoms with Gasteiger partial charge >= 0.3 is 0 Å². The van der Waals surface area contributed by atoms with Crippen LogP contribution in [0.5, 0.6) is 0 Å². The summed E-state index contributed by atoms with van der Waals surface area (Å²) < 4.78 is 5.32. The van der Waals surface area contributed by atoms with Gasteiger partial charge in [0.05, 0.1) is 13.2 Å². The van der Waals surface area contributed by atoms with Gasteiger partial charge in [-0.1, -0.05) is 18.2 Å². The number of rotatable bonds is 5. The summed E-state index contributed by atoms with van der Waals surface area (Å²) in [4.78, 5) is 18.8. The molecule has 1 amide bonds. The van der Waals surface area contributed by atoms with Crippen LogP contribution in [0, 0.1) is 0 Å². The molecular weight excluding hydrogens is 266 g/mol. The van der Waals surface area contributed by atoms with Crippen LogP contribution in [-0.4, -0.2) is 56.4 Å². The second-order valence-corrected chi connectivity index (χ2v) is 5.42. The SMILES string of the molecule is O=C1Nc2ccccc2[C@H]1C=NCCCN1CCOCC1. The van der Waals surface area contributed by atoms with E-state index in [-0.39, 0.29) is 11.8 Å². The predicted octanol–water partition coefficient (Wildman–Crippen LogP) is 1.52. The minimum atomic E-state index is -0.232. The molecule has 1 aromatic rings. The Bertz CT molecular complexity index is 524. The summed E-state index contributed by atoms with van der Waals surface area (Å²) >= 11 is 0. The normalized spacial score (nSPS) is 22.5. The Morgan fingerprint density at radius 1 is 1.33 bits per heavy atom. The van der Waals surface area contributed by atoms with Crippen molar-refractivity contribution in [1.29, 1.82) is 0 Å². The van der Waals surface area contributed by atoms with Gasteiger partial charge in [-0.2, -0.15) is 0 Å². The highest BCUT2D eigenvalue weighted by molar-refractivity contribution is 6.12. The number of benzene rings is 1. The number of anilines is 1. The molecule has 5 heteroatoms. The zero-order valence-corrected chi connectivity index (χ0v) is 12.1. The Labute approximate surface area is 125 Å². The monoisotopic (exact) mass is 287 g/mol. The molecule has 0 radical (unpaired) electrons. The lowest BCUT2D eigenvalue weighted by Crippen LogP contribution is -2.37. The molecule has 0 bridgehead atoms. The minimum absolute atomic E-state index is 0.0214.